The Labute approximate surface area is 132 Å². The third-order valence-corrected chi connectivity index (χ3v) is 5.12. The molecular formula is C15H20N2O2S2. The van der Waals surface area contributed by atoms with Gasteiger partial charge in [-0.15, -0.1) is 22.7 Å². The topological polar surface area (TPSA) is 61.4 Å². The maximum Gasteiger partial charge on any atom is 0.315 e. The summed E-state index contributed by atoms with van der Waals surface area (Å²) >= 11 is 3.33. The fourth-order valence-electron chi connectivity index (χ4n) is 2.11. The molecule has 2 aromatic heterocycles. The van der Waals surface area contributed by atoms with E-state index in [4.69, 9.17) is 5.11 Å². The number of aliphatic hydroxyl groups excluding tert-OH is 1. The van der Waals surface area contributed by atoms with Crippen molar-refractivity contribution in [2.45, 2.75) is 25.3 Å². The molecule has 0 aliphatic rings. The van der Waals surface area contributed by atoms with E-state index in [0.29, 0.717) is 19.0 Å². The molecule has 6 heteroatoms. The van der Waals surface area contributed by atoms with Gasteiger partial charge in [0, 0.05) is 22.9 Å². The average Bonchev–Trinajstić information content (AvgIpc) is 3.17. The van der Waals surface area contributed by atoms with Gasteiger partial charge in [0.25, 0.3) is 0 Å². The zero-order valence-corrected chi connectivity index (χ0v) is 13.4. The van der Waals surface area contributed by atoms with E-state index in [1.165, 1.54) is 4.88 Å². The van der Waals surface area contributed by atoms with Crippen molar-refractivity contribution in [1.82, 2.24) is 10.6 Å². The van der Waals surface area contributed by atoms with Crippen LogP contribution in [0.4, 0.5) is 4.79 Å². The summed E-state index contributed by atoms with van der Waals surface area (Å²) in [4.78, 5) is 14.1. The Morgan fingerprint density at radius 2 is 1.95 bits per heavy atom. The molecule has 0 spiro atoms. The van der Waals surface area contributed by atoms with Crippen LogP contribution in [0, 0.1) is 0 Å². The normalized spacial score (nSPS) is 12.0. The summed E-state index contributed by atoms with van der Waals surface area (Å²) in [6.45, 7) is 1.35. The number of rotatable bonds is 8. The standard InChI is InChI=1S/C15H20N2O2S2/c18-8-6-12(14-4-2-10-21-14)5-7-16-15(19)17-11-13-3-1-9-20-13/h1-4,9-10,12,18H,5-8,11H2,(H2,16,17,19)/t12-/m0/s1. The molecule has 0 bridgehead atoms. The quantitative estimate of drug-likeness (QED) is 0.698. The van der Waals surface area contributed by atoms with Gasteiger partial charge in [0.15, 0.2) is 0 Å². The molecule has 2 heterocycles. The van der Waals surface area contributed by atoms with Crippen LogP contribution < -0.4 is 10.6 Å². The molecule has 0 radical (unpaired) electrons. The van der Waals surface area contributed by atoms with Crippen LogP contribution in [0.2, 0.25) is 0 Å². The van der Waals surface area contributed by atoms with Crippen LogP contribution in [0.1, 0.15) is 28.5 Å². The number of carbonyl (C=O) groups is 1. The third-order valence-electron chi connectivity index (χ3n) is 3.20. The SMILES string of the molecule is O=C(NCC[C@@H](CCO)c1cccs1)NCc1cccs1. The number of thiophene rings is 2. The monoisotopic (exact) mass is 324 g/mol. The first-order valence-electron chi connectivity index (χ1n) is 6.98. The number of aliphatic hydroxyl groups is 1. The third kappa shape index (κ3) is 5.49. The Morgan fingerprint density at radius 1 is 1.14 bits per heavy atom. The van der Waals surface area contributed by atoms with E-state index >= 15 is 0 Å². The lowest BCUT2D eigenvalue weighted by Gasteiger charge is -2.14. The largest absolute Gasteiger partial charge is 0.396 e. The molecule has 0 saturated carbocycles. The fourth-order valence-corrected chi connectivity index (χ4v) is 3.66. The molecule has 0 saturated heterocycles. The summed E-state index contributed by atoms with van der Waals surface area (Å²) in [5.74, 6) is 0.313. The second-order valence-corrected chi connectivity index (χ2v) is 6.71. The predicted molar refractivity (Wildman–Crippen MR) is 87.9 cm³/mol. The number of carbonyl (C=O) groups excluding carboxylic acids is 1. The van der Waals surface area contributed by atoms with Crippen LogP contribution in [0.15, 0.2) is 35.0 Å². The molecule has 2 aromatic rings. The van der Waals surface area contributed by atoms with Crippen molar-refractivity contribution in [2.24, 2.45) is 0 Å². The maximum absolute atomic E-state index is 11.7. The maximum atomic E-state index is 11.7. The average molecular weight is 324 g/mol. The van der Waals surface area contributed by atoms with Crippen LogP contribution in [-0.2, 0) is 6.54 Å². The van der Waals surface area contributed by atoms with E-state index < -0.39 is 0 Å². The summed E-state index contributed by atoms with van der Waals surface area (Å²) in [5, 5.41) is 18.9. The summed E-state index contributed by atoms with van der Waals surface area (Å²) in [6.07, 6.45) is 1.58. The molecule has 0 fully saturated rings. The lowest BCUT2D eigenvalue weighted by Crippen LogP contribution is -2.35. The van der Waals surface area contributed by atoms with Gasteiger partial charge in [-0.05, 0) is 41.7 Å². The van der Waals surface area contributed by atoms with Gasteiger partial charge in [0.1, 0.15) is 0 Å². The highest BCUT2D eigenvalue weighted by Crippen LogP contribution is 2.26. The Balaban J connectivity index is 1.68. The molecule has 3 N–H and O–H groups in total. The van der Waals surface area contributed by atoms with Gasteiger partial charge in [-0.25, -0.2) is 4.79 Å². The second-order valence-electron chi connectivity index (χ2n) is 4.70. The van der Waals surface area contributed by atoms with Crippen LogP contribution in [0.25, 0.3) is 0 Å². The summed E-state index contributed by atoms with van der Waals surface area (Å²) < 4.78 is 0. The Hall–Kier alpha value is -1.37. The van der Waals surface area contributed by atoms with Gasteiger partial charge in [0.2, 0.25) is 0 Å². The minimum atomic E-state index is -0.141. The number of nitrogens with one attached hydrogen (secondary N) is 2. The molecule has 2 rings (SSSR count). The van der Waals surface area contributed by atoms with Gasteiger partial charge >= 0.3 is 6.03 Å². The molecule has 0 aromatic carbocycles. The molecule has 21 heavy (non-hydrogen) atoms. The van der Waals surface area contributed by atoms with E-state index in [1.54, 1.807) is 22.7 Å². The van der Waals surface area contributed by atoms with E-state index in [-0.39, 0.29) is 12.6 Å². The molecular weight excluding hydrogens is 304 g/mol. The van der Waals surface area contributed by atoms with Crippen LogP contribution in [-0.4, -0.2) is 24.3 Å². The smallest absolute Gasteiger partial charge is 0.315 e. The Kier molecular flexibility index (Phi) is 6.72. The first kappa shape index (κ1) is 16.0. The number of hydrogen-bond acceptors (Lipinski definition) is 4. The minimum absolute atomic E-state index is 0.141. The highest BCUT2D eigenvalue weighted by Gasteiger charge is 2.12. The van der Waals surface area contributed by atoms with Crippen molar-refractivity contribution >= 4 is 28.7 Å². The molecule has 114 valence electrons. The van der Waals surface area contributed by atoms with E-state index in [9.17, 15) is 4.79 Å². The van der Waals surface area contributed by atoms with Crippen molar-refractivity contribution in [3.8, 4) is 0 Å². The van der Waals surface area contributed by atoms with Gasteiger partial charge in [-0.2, -0.15) is 0 Å². The highest BCUT2D eigenvalue weighted by atomic mass is 32.1. The van der Waals surface area contributed by atoms with Gasteiger partial charge in [-0.3, -0.25) is 0 Å². The molecule has 0 aliphatic carbocycles. The van der Waals surface area contributed by atoms with Crippen molar-refractivity contribution < 1.29 is 9.90 Å². The van der Waals surface area contributed by atoms with Crippen LogP contribution in [0.3, 0.4) is 0 Å². The summed E-state index contributed by atoms with van der Waals surface area (Å²) in [5.41, 5.74) is 0. The second kappa shape index (κ2) is 8.81. The van der Waals surface area contributed by atoms with E-state index in [0.717, 1.165) is 17.7 Å². The first-order valence-corrected chi connectivity index (χ1v) is 8.74. The molecule has 2 amide bonds. The zero-order valence-electron chi connectivity index (χ0n) is 11.7. The van der Waals surface area contributed by atoms with Crippen molar-refractivity contribution in [1.29, 1.82) is 0 Å². The van der Waals surface area contributed by atoms with Crippen LogP contribution in [0.5, 0.6) is 0 Å². The van der Waals surface area contributed by atoms with Crippen molar-refractivity contribution in [3.63, 3.8) is 0 Å². The van der Waals surface area contributed by atoms with Crippen molar-refractivity contribution in [3.05, 3.63) is 44.8 Å². The van der Waals surface area contributed by atoms with E-state index in [2.05, 4.69) is 16.7 Å². The Bertz CT molecular complexity index is 512. The van der Waals surface area contributed by atoms with E-state index in [1.807, 2.05) is 29.0 Å². The molecule has 0 aliphatic heterocycles. The fraction of sp³-hybridized carbons (Fsp3) is 0.400. The molecule has 0 unspecified atom stereocenters. The lowest BCUT2D eigenvalue weighted by molar-refractivity contribution is 0.239. The first-order chi connectivity index (χ1) is 10.3. The predicted octanol–water partition coefficient (Wildman–Crippen LogP) is 3.17. The van der Waals surface area contributed by atoms with Gasteiger partial charge in [-0.1, -0.05) is 12.1 Å². The zero-order chi connectivity index (χ0) is 14.9. The minimum Gasteiger partial charge on any atom is -0.396 e. The highest BCUT2D eigenvalue weighted by molar-refractivity contribution is 7.10. The lowest BCUT2D eigenvalue weighted by atomic mass is 10.00. The van der Waals surface area contributed by atoms with Crippen LogP contribution >= 0.6 is 22.7 Å². The van der Waals surface area contributed by atoms with Gasteiger partial charge < -0.3 is 15.7 Å². The summed E-state index contributed by atoms with van der Waals surface area (Å²) in [6, 6.07) is 7.93. The molecule has 1 atom stereocenters. The molecule has 4 nitrogen and oxygen atoms in total. The van der Waals surface area contributed by atoms with Crippen molar-refractivity contribution in [2.75, 3.05) is 13.2 Å². The number of urea groups is 1. The number of hydrogen-bond donors (Lipinski definition) is 3. The van der Waals surface area contributed by atoms with Gasteiger partial charge in [0.05, 0.1) is 6.54 Å². The summed E-state index contributed by atoms with van der Waals surface area (Å²) in [7, 11) is 0. The Morgan fingerprint density at radius 3 is 2.62 bits per heavy atom. The number of amides is 2.